The van der Waals surface area contributed by atoms with Gasteiger partial charge < -0.3 is 20.5 Å². The van der Waals surface area contributed by atoms with E-state index in [9.17, 15) is 19.5 Å². The first-order chi connectivity index (χ1) is 26.1. The Bertz CT molecular complexity index is 2340. The number of ether oxygens (including phenoxy) is 1. The third kappa shape index (κ3) is 6.74. The number of aromatic nitrogens is 3. The Morgan fingerprint density at radius 3 is 2.41 bits per heavy atom. The Morgan fingerprint density at radius 2 is 1.70 bits per heavy atom. The number of carbonyl (C=O) groups is 2. The lowest BCUT2D eigenvalue weighted by Gasteiger charge is -2.50. The van der Waals surface area contributed by atoms with Crippen molar-refractivity contribution in [3.63, 3.8) is 0 Å². The van der Waals surface area contributed by atoms with Crippen molar-refractivity contribution in [3.05, 3.63) is 105 Å². The van der Waals surface area contributed by atoms with E-state index in [4.69, 9.17) is 32.9 Å². The van der Waals surface area contributed by atoms with E-state index in [1.54, 1.807) is 19.5 Å². The summed E-state index contributed by atoms with van der Waals surface area (Å²) in [4.78, 5) is 48.6. The van der Waals surface area contributed by atoms with E-state index in [-0.39, 0.29) is 17.5 Å². The van der Waals surface area contributed by atoms with Gasteiger partial charge in [0.2, 0.25) is 11.8 Å². The molecule has 3 aliphatic heterocycles. The molecule has 5 aromatic rings. The van der Waals surface area contributed by atoms with Crippen molar-refractivity contribution in [2.24, 2.45) is 5.41 Å². The number of nitrogens with one attached hydrogen (secondary N) is 2. The molecule has 0 radical (unpaired) electrons. The van der Waals surface area contributed by atoms with Gasteiger partial charge in [0.25, 0.3) is 5.56 Å². The molecule has 11 nitrogen and oxygen atoms in total. The maximum Gasteiger partial charge on any atom is 0.310 e. The molecule has 54 heavy (non-hydrogen) atoms. The quantitative estimate of drug-likeness (QED) is 0.136. The molecule has 9 rings (SSSR count). The van der Waals surface area contributed by atoms with E-state index in [1.807, 2.05) is 60.7 Å². The van der Waals surface area contributed by atoms with Gasteiger partial charge in [-0.05, 0) is 55.9 Å². The number of nitrogens with zero attached hydrogens (tertiary/aromatic N) is 4. The Kier molecular flexibility index (Phi) is 9.91. The number of methoxy groups -OCH3 is 1. The highest BCUT2D eigenvalue weighted by Crippen LogP contribution is 2.46. The van der Waals surface area contributed by atoms with E-state index in [1.165, 1.54) is 4.40 Å². The van der Waals surface area contributed by atoms with Crippen LogP contribution in [0.3, 0.4) is 0 Å². The van der Waals surface area contributed by atoms with Gasteiger partial charge >= 0.3 is 5.97 Å². The van der Waals surface area contributed by atoms with Crippen LogP contribution in [0.1, 0.15) is 49.7 Å². The Balaban J connectivity index is 1.03. The first kappa shape index (κ1) is 36.2. The minimum Gasteiger partial charge on any atom is -0.481 e. The van der Waals surface area contributed by atoms with Crippen molar-refractivity contribution in [1.29, 1.82) is 0 Å². The molecule has 0 spiro atoms. The summed E-state index contributed by atoms with van der Waals surface area (Å²) in [5.41, 5.74) is 5.46. The second kappa shape index (κ2) is 14.8. The second-order valence-electron chi connectivity index (χ2n) is 14.6. The van der Waals surface area contributed by atoms with E-state index >= 15 is 0 Å². The van der Waals surface area contributed by atoms with Crippen molar-refractivity contribution in [3.8, 4) is 39.4 Å². The highest BCUT2D eigenvalue weighted by molar-refractivity contribution is 6.39. The van der Waals surface area contributed by atoms with Crippen molar-refractivity contribution in [2.45, 2.75) is 63.7 Å². The monoisotopic (exact) mass is 766 g/mol. The van der Waals surface area contributed by atoms with Crippen LogP contribution < -0.4 is 20.9 Å². The zero-order chi connectivity index (χ0) is 37.6. The first-order valence-electron chi connectivity index (χ1n) is 18.2. The van der Waals surface area contributed by atoms with Gasteiger partial charge in [0.15, 0.2) is 0 Å². The third-order valence-electron chi connectivity index (χ3n) is 11.3. The van der Waals surface area contributed by atoms with Crippen molar-refractivity contribution < 1.29 is 19.4 Å². The van der Waals surface area contributed by atoms with Gasteiger partial charge in [0.1, 0.15) is 5.65 Å². The Labute approximate surface area is 322 Å². The predicted octanol–water partition coefficient (Wildman–Crippen LogP) is 6.60. The second-order valence-corrected chi connectivity index (χ2v) is 15.3. The lowest BCUT2D eigenvalue weighted by Crippen LogP contribution is -2.56. The van der Waals surface area contributed by atoms with Gasteiger partial charge in [-0.15, -0.1) is 0 Å². The van der Waals surface area contributed by atoms with Crippen LogP contribution in [0.15, 0.2) is 77.9 Å². The molecule has 1 saturated carbocycles. The van der Waals surface area contributed by atoms with Crippen LogP contribution >= 0.6 is 23.2 Å². The first-order valence-corrected chi connectivity index (χ1v) is 19.0. The minimum atomic E-state index is -0.704. The standard InChI is InChI=1S/C41H40Cl2N6O5/c1-54-38-25(22-48-23-41(40(52)53)15-12-28(48)13-16-41)8-10-33(47-38)32-7-3-6-31(37(32)43)30-5-2-4-29(36(30)42)24-14-17-49-34(18-24)45-20-26(39(49)51)19-44-21-27-9-11-35(50)46-27/h2-8,10,14,17-18,20,27-28,44H,9,11-13,15-16,19,21-23H2,1H3,(H,46,50)(H,52,53). The number of aliphatic carboxylic acids is 1. The zero-order valence-corrected chi connectivity index (χ0v) is 31.3. The van der Waals surface area contributed by atoms with E-state index in [2.05, 4.69) is 20.5 Å². The van der Waals surface area contributed by atoms with Crippen LogP contribution in [0, 0.1) is 5.41 Å². The number of carbonyl (C=O) groups excluding carboxylic acids is 1. The highest BCUT2D eigenvalue weighted by Gasteiger charge is 2.49. The molecule has 1 atom stereocenters. The average molecular weight is 768 g/mol. The molecule has 4 fully saturated rings. The fraction of sp³-hybridized carbons (Fsp3) is 0.341. The predicted molar refractivity (Wildman–Crippen MR) is 208 cm³/mol. The van der Waals surface area contributed by atoms with Gasteiger partial charge in [-0.3, -0.25) is 23.7 Å². The minimum absolute atomic E-state index is 0.0579. The van der Waals surface area contributed by atoms with Crippen LogP contribution in [0.4, 0.5) is 0 Å². The number of hydrogen-bond acceptors (Lipinski definition) is 8. The Morgan fingerprint density at radius 1 is 0.981 bits per heavy atom. The average Bonchev–Trinajstić information content (AvgIpc) is 3.61. The summed E-state index contributed by atoms with van der Waals surface area (Å²) < 4.78 is 7.28. The summed E-state index contributed by atoms with van der Waals surface area (Å²) in [6.07, 6.45) is 7.83. The fourth-order valence-electron chi connectivity index (χ4n) is 8.31. The summed E-state index contributed by atoms with van der Waals surface area (Å²) in [6, 6.07) is 19.5. The van der Waals surface area contributed by atoms with E-state index in [0.29, 0.717) is 71.5 Å². The number of piperidine rings is 2. The zero-order valence-electron chi connectivity index (χ0n) is 29.8. The summed E-state index contributed by atoms with van der Waals surface area (Å²) in [5, 5.41) is 17.1. The lowest BCUT2D eigenvalue weighted by molar-refractivity contribution is -0.160. The summed E-state index contributed by atoms with van der Waals surface area (Å²) in [6.45, 7) is 2.02. The number of pyridine rings is 2. The number of halogens is 2. The van der Waals surface area contributed by atoms with Crippen molar-refractivity contribution in [2.75, 3.05) is 20.2 Å². The molecule has 6 heterocycles. The Hall–Kier alpha value is -4.81. The normalized spacial score (nSPS) is 21.1. The molecule has 2 bridgehead atoms. The number of rotatable bonds is 11. The van der Waals surface area contributed by atoms with Gasteiger partial charge in [-0.2, -0.15) is 0 Å². The lowest BCUT2D eigenvalue weighted by atomic mass is 9.67. The van der Waals surface area contributed by atoms with Crippen LogP contribution in [0.2, 0.25) is 10.0 Å². The summed E-state index contributed by atoms with van der Waals surface area (Å²) >= 11 is 14.3. The maximum atomic E-state index is 13.3. The molecular weight excluding hydrogens is 727 g/mol. The van der Waals surface area contributed by atoms with Gasteiger partial charge in [-0.1, -0.05) is 65.7 Å². The van der Waals surface area contributed by atoms with Crippen molar-refractivity contribution >= 4 is 40.7 Å². The fourth-order valence-corrected chi connectivity index (χ4v) is 8.97. The topological polar surface area (TPSA) is 138 Å². The number of amides is 1. The van der Waals surface area contributed by atoms with E-state index in [0.717, 1.165) is 65.5 Å². The van der Waals surface area contributed by atoms with Gasteiger partial charge in [0, 0.05) is 90.5 Å². The van der Waals surface area contributed by atoms with Crippen LogP contribution in [0.25, 0.3) is 39.2 Å². The number of hydrogen-bond donors (Lipinski definition) is 3. The molecule has 13 heteroatoms. The molecular formula is C41H40Cl2N6O5. The molecule has 3 saturated heterocycles. The molecule has 1 unspecified atom stereocenters. The molecule has 3 N–H and O–H groups in total. The number of carboxylic acids is 1. The highest BCUT2D eigenvalue weighted by atomic mass is 35.5. The molecule has 1 aliphatic carbocycles. The van der Waals surface area contributed by atoms with Gasteiger partial charge in [0.05, 0.1) is 28.3 Å². The molecule has 4 aliphatic rings. The van der Waals surface area contributed by atoms with Crippen LogP contribution in [-0.4, -0.2) is 68.5 Å². The molecule has 278 valence electrons. The maximum absolute atomic E-state index is 13.3. The number of carboxylic acid groups (broad SMARTS) is 1. The summed E-state index contributed by atoms with van der Waals surface area (Å²) in [5.74, 6) is -0.168. The number of fused-ring (bicyclic) bond motifs is 4. The smallest absolute Gasteiger partial charge is 0.310 e. The third-order valence-corrected chi connectivity index (χ3v) is 12.2. The molecule has 2 aromatic carbocycles. The van der Waals surface area contributed by atoms with Gasteiger partial charge in [-0.25, -0.2) is 9.97 Å². The van der Waals surface area contributed by atoms with E-state index < -0.39 is 11.4 Å². The van der Waals surface area contributed by atoms with Crippen LogP contribution in [-0.2, 0) is 22.7 Å². The molecule has 1 amide bonds. The molecule has 3 aromatic heterocycles. The summed E-state index contributed by atoms with van der Waals surface area (Å²) in [7, 11) is 1.59. The van der Waals surface area contributed by atoms with Crippen LogP contribution in [0.5, 0.6) is 5.88 Å². The largest absolute Gasteiger partial charge is 0.481 e. The number of benzene rings is 2. The SMILES string of the molecule is COc1nc(-c2cccc(-c3cccc(-c4ccn5c(=O)c(CNCC6CCC(=O)N6)cnc5c4)c3Cl)c2Cl)ccc1CN1CC2(C(=O)O)CCC1CC2. The van der Waals surface area contributed by atoms with Crippen molar-refractivity contribution in [1.82, 2.24) is 29.9 Å².